The summed E-state index contributed by atoms with van der Waals surface area (Å²) in [6.07, 6.45) is 0. The summed E-state index contributed by atoms with van der Waals surface area (Å²) in [5.74, 6) is -0.479. The Balaban J connectivity index is 2.00. The fourth-order valence-electron chi connectivity index (χ4n) is 1.86. The number of anilines is 1. The average molecular weight is 337 g/mol. The Morgan fingerprint density at radius 1 is 0.840 bits per heavy atom. The van der Waals surface area contributed by atoms with Crippen molar-refractivity contribution in [2.24, 2.45) is 10.5 Å². The minimum absolute atomic E-state index is 0.0984. The predicted molar refractivity (Wildman–Crippen MR) is 101 cm³/mol. The van der Waals surface area contributed by atoms with Crippen molar-refractivity contribution in [2.45, 2.75) is 27.7 Å². The number of nitrogens with zero attached hydrogens (tertiary/aromatic N) is 1. The van der Waals surface area contributed by atoms with E-state index in [-0.39, 0.29) is 17.2 Å². The molecule has 2 rings (SSSR count). The van der Waals surface area contributed by atoms with Crippen LogP contribution in [-0.4, -0.2) is 17.5 Å². The molecule has 5 heteroatoms. The highest BCUT2D eigenvalue weighted by molar-refractivity contribution is 6.04. The summed E-state index contributed by atoms with van der Waals surface area (Å²) in [5.41, 5.74) is 4.97. The lowest BCUT2D eigenvalue weighted by molar-refractivity contribution is 0.0954. The SMILES string of the molecule is C/C(=N\NC(=O)c1ccc(NC(=O)c2ccccc2)cc1)C(C)(C)C. The van der Waals surface area contributed by atoms with Crippen LogP contribution in [0.25, 0.3) is 0 Å². The molecule has 0 atom stereocenters. The monoisotopic (exact) mass is 337 g/mol. The van der Waals surface area contributed by atoms with Crippen LogP contribution in [0.4, 0.5) is 5.69 Å². The largest absolute Gasteiger partial charge is 0.322 e. The number of hydrogen-bond acceptors (Lipinski definition) is 3. The van der Waals surface area contributed by atoms with Crippen LogP contribution in [0, 0.1) is 5.41 Å². The van der Waals surface area contributed by atoms with Crippen molar-refractivity contribution in [3.8, 4) is 0 Å². The van der Waals surface area contributed by atoms with E-state index >= 15 is 0 Å². The number of hydrogen-bond donors (Lipinski definition) is 2. The van der Waals surface area contributed by atoms with Gasteiger partial charge >= 0.3 is 0 Å². The standard InChI is InChI=1S/C20H23N3O2/c1-14(20(2,3)4)22-23-19(25)16-10-12-17(13-11-16)21-18(24)15-8-6-5-7-9-15/h5-13H,1-4H3,(H,21,24)(H,23,25)/b22-14+. The number of benzene rings is 2. The summed E-state index contributed by atoms with van der Waals surface area (Å²) >= 11 is 0. The van der Waals surface area contributed by atoms with Gasteiger partial charge in [-0.1, -0.05) is 39.0 Å². The maximum Gasteiger partial charge on any atom is 0.271 e. The summed E-state index contributed by atoms with van der Waals surface area (Å²) < 4.78 is 0. The fraction of sp³-hybridized carbons (Fsp3) is 0.250. The molecule has 5 nitrogen and oxygen atoms in total. The van der Waals surface area contributed by atoms with Gasteiger partial charge in [-0.2, -0.15) is 5.10 Å². The van der Waals surface area contributed by atoms with E-state index < -0.39 is 0 Å². The quantitative estimate of drug-likeness (QED) is 0.651. The summed E-state index contributed by atoms with van der Waals surface area (Å²) in [6.45, 7) is 7.97. The van der Waals surface area contributed by atoms with Crippen LogP contribution in [-0.2, 0) is 0 Å². The first kappa shape index (κ1) is 18.4. The summed E-state index contributed by atoms with van der Waals surface area (Å²) in [6, 6.07) is 15.6. The van der Waals surface area contributed by atoms with E-state index in [1.165, 1.54) is 0 Å². The molecule has 0 heterocycles. The first-order chi connectivity index (χ1) is 11.8. The Morgan fingerprint density at radius 3 is 1.96 bits per heavy atom. The lowest BCUT2D eigenvalue weighted by Crippen LogP contribution is -2.24. The van der Waals surface area contributed by atoms with Gasteiger partial charge in [-0.3, -0.25) is 9.59 Å². The van der Waals surface area contributed by atoms with Crippen LogP contribution in [0.2, 0.25) is 0 Å². The van der Waals surface area contributed by atoms with Crippen molar-refractivity contribution in [2.75, 3.05) is 5.32 Å². The Hall–Kier alpha value is -2.95. The van der Waals surface area contributed by atoms with Crippen LogP contribution in [0.3, 0.4) is 0 Å². The molecule has 0 spiro atoms. The molecule has 0 saturated heterocycles. The van der Waals surface area contributed by atoms with E-state index in [0.717, 1.165) is 5.71 Å². The molecule has 130 valence electrons. The number of nitrogens with one attached hydrogen (secondary N) is 2. The minimum Gasteiger partial charge on any atom is -0.322 e. The van der Waals surface area contributed by atoms with Crippen LogP contribution in [0.15, 0.2) is 59.7 Å². The molecule has 0 unspecified atom stereocenters. The number of carbonyl (C=O) groups is 2. The van der Waals surface area contributed by atoms with Gasteiger partial charge in [0, 0.05) is 27.9 Å². The van der Waals surface area contributed by atoms with E-state index in [2.05, 4.69) is 15.8 Å². The van der Waals surface area contributed by atoms with Gasteiger partial charge in [-0.15, -0.1) is 0 Å². The molecular formula is C20H23N3O2. The zero-order valence-corrected chi connectivity index (χ0v) is 15.0. The molecule has 2 aromatic rings. The molecule has 0 aliphatic carbocycles. The zero-order chi connectivity index (χ0) is 18.4. The lowest BCUT2D eigenvalue weighted by atomic mass is 9.91. The third kappa shape index (κ3) is 5.28. The van der Waals surface area contributed by atoms with Crippen molar-refractivity contribution in [1.29, 1.82) is 0 Å². The molecule has 2 amide bonds. The molecule has 2 aromatic carbocycles. The summed E-state index contributed by atoms with van der Waals surface area (Å²) in [4.78, 5) is 24.2. The molecule has 0 radical (unpaired) electrons. The van der Waals surface area contributed by atoms with Crippen LogP contribution in [0.1, 0.15) is 48.4 Å². The van der Waals surface area contributed by atoms with Gasteiger partial charge < -0.3 is 5.32 Å². The number of carbonyl (C=O) groups excluding carboxylic acids is 2. The maximum atomic E-state index is 12.1. The van der Waals surface area contributed by atoms with Crippen molar-refractivity contribution >= 4 is 23.2 Å². The Labute approximate surface area is 148 Å². The second-order valence-electron chi connectivity index (χ2n) is 6.79. The fourth-order valence-corrected chi connectivity index (χ4v) is 1.86. The van der Waals surface area contributed by atoms with Gasteiger partial charge in [0.05, 0.1) is 0 Å². The number of hydrazone groups is 1. The molecule has 0 aliphatic heterocycles. The van der Waals surface area contributed by atoms with E-state index in [0.29, 0.717) is 16.8 Å². The number of rotatable bonds is 4. The van der Waals surface area contributed by atoms with Gasteiger partial charge in [0.2, 0.25) is 0 Å². The van der Waals surface area contributed by atoms with Gasteiger partial charge in [0.25, 0.3) is 11.8 Å². The minimum atomic E-state index is -0.287. The van der Waals surface area contributed by atoms with Crippen LogP contribution >= 0.6 is 0 Å². The average Bonchev–Trinajstić information content (AvgIpc) is 2.60. The van der Waals surface area contributed by atoms with E-state index in [1.54, 1.807) is 36.4 Å². The normalized spacial score (nSPS) is 11.8. The third-order valence-electron chi connectivity index (χ3n) is 3.85. The van der Waals surface area contributed by atoms with Gasteiger partial charge in [0.15, 0.2) is 0 Å². The van der Waals surface area contributed by atoms with Crippen molar-refractivity contribution in [3.63, 3.8) is 0 Å². The highest BCUT2D eigenvalue weighted by atomic mass is 16.2. The Bertz CT molecular complexity index is 773. The van der Waals surface area contributed by atoms with E-state index in [1.807, 2.05) is 45.9 Å². The molecule has 0 aromatic heterocycles. The molecule has 0 saturated carbocycles. The Morgan fingerprint density at radius 2 is 1.40 bits per heavy atom. The first-order valence-electron chi connectivity index (χ1n) is 8.09. The maximum absolute atomic E-state index is 12.1. The van der Waals surface area contributed by atoms with Crippen LogP contribution in [0.5, 0.6) is 0 Å². The number of amides is 2. The van der Waals surface area contributed by atoms with Crippen molar-refractivity contribution in [1.82, 2.24) is 5.43 Å². The Kier molecular flexibility index (Phi) is 5.70. The van der Waals surface area contributed by atoms with Gasteiger partial charge in [-0.05, 0) is 43.3 Å². The van der Waals surface area contributed by atoms with Gasteiger partial charge in [0.1, 0.15) is 0 Å². The van der Waals surface area contributed by atoms with Crippen LogP contribution < -0.4 is 10.7 Å². The van der Waals surface area contributed by atoms with Crippen molar-refractivity contribution < 1.29 is 9.59 Å². The highest BCUT2D eigenvalue weighted by Gasteiger charge is 2.15. The summed E-state index contributed by atoms with van der Waals surface area (Å²) in [7, 11) is 0. The molecule has 0 aliphatic rings. The predicted octanol–water partition coefficient (Wildman–Crippen LogP) is 4.09. The highest BCUT2D eigenvalue weighted by Crippen LogP contribution is 2.15. The first-order valence-corrected chi connectivity index (χ1v) is 8.09. The molecule has 25 heavy (non-hydrogen) atoms. The molecule has 0 bridgehead atoms. The molecular weight excluding hydrogens is 314 g/mol. The zero-order valence-electron chi connectivity index (χ0n) is 15.0. The van der Waals surface area contributed by atoms with E-state index in [9.17, 15) is 9.59 Å². The topological polar surface area (TPSA) is 70.6 Å². The second kappa shape index (κ2) is 7.75. The van der Waals surface area contributed by atoms with Gasteiger partial charge in [-0.25, -0.2) is 5.43 Å². The van der Waals surface area contributed by atoms with Crippen molar-refractivity contribution in [3.05, 3.63) is 65.7 Å². The summed E-state index contributed by atoms with van der Waals surface area (Å²) in [5, 5.41) is 6.93. The smallest absolute Gasteiger partial charge is 0.271 e. The molecule has 2 N–H and O–H groups in total. The lowest BCUT2D eigenvalue weighted by Gasteiger charge is -2.17. The van der Waals surface area contributed by atoms with E-state index in [4.69, 9.17) is 0 Å². The molecule has 0 fully saturated rings. The third-order valence-corrected chi connectivity index (χ3v) is 3.85. The second-order valence-corrected chi connectivity index (χ2v) is 6.79.